The minimum Gasteiger partial charge on any atom is -0.457 e. The van der Waals surface area contributed by atoms with Crippen molar-refractivity contribution in [3.8, 4) is 0 Å². The Kier molecular flexibility index (Phi) is 12.0. The van der Waals surface area contributed by atoms with E-state index >= 15 is 8.78 Å². The van der Waals surface area contributed by atoms with Crippen molar-refractivity contribution >= 4 is 35.1 Å². The van der Waals surface area contributed by atoms with Gasteiger partial charge in [-0.15, -0.1) is 0 Å². The van der Waals surface area contributed by atoms with Gasteiger partial charge in [0.2, 0.25) is 5.78 Å². The zero-order valence-electron chi connectivity index (χ0n) is 40.2. The fourth-order valence-corrected chi connectivity index (χ4v) is 15.9. The third kappa shape index (κ3) is 6.44. The largest absolute Gasteiger partial charge is 0.457 e. The second-order valence-electron chi connectivity index (χ2n) is 22.3. The van der Waals surface area contributed by atoms with E-state index in [1.54, 1.807) is 60.6 Å². The minimum absolute atomic E-state index is 0.0109. The first-order valence-electron chi connectivity index (χ1n) is 24.2. The summed E-state index contributed by atoms with van der Waals surface area (Å²) >= 11 is 0. The molecule has 8 aliphatic carbocycles. The lowest BCUT2D eigenvalue weighted by Gasteiger charge is -2.62. The van der Waals surface area contributed by atoms with E-state index in [-0.39, 0.29) is 49.1 Å². The lowest BCUT2D eigenvalue weighted by atomic mass is 9.44. The van der Waals surface area contributed by atoms with Crippen molar-refractivity contribution in [1.29, 1.82) is 0 Å². The Morgan fingerprint density at radius 1 is 0.731 bits per heavy atom. The number of rotatable bonds is 8. The van der Waals surface area contributed by atoms with Crippen molar-refractivity contribution in [3.63, 3.8) is 0 Å². The molecule has 368 valence electrons. The molecule has 9 rings (SSSR count). The molecule has 9 aliphatic rings. The van der Waals surface area contributed by atoms with Crippen molar-refractivity contribution in [2.45, 2.75) is 173 Å². The van der Waals surface area contributed by atoms with Gasteiger partial charge in [-0.05, 0) is 115 Å². The predicted molar refractivity (Wildman–Crippen MR) is 237 cm³/mol. The number of carbonyl (C=O) groups is 6. The molecule has 13 nitrogen and oxygen atoms in total. The van der Waals surface area contributed by atoms with Crippen LogP contribution in [-0.2, 0) is 47.7 Å². The van der Waals surface area contributed by atoms with Gasteiger partial charge in [0.05, 0.1) is 18.3 Å². The summed E-state index contributed by atoms with van der Waals surface area (Å²) in [5.41, 5.74) is -9.92. The van der Waals surface area contributed by atoms with Crippen molar-refractivity contribution in [2.24, 2.45) is 51.2 Å². The SMILES string of the molecule is CC1(C)O[C@@H]2C[C@H]3[C@@H]4CCC5=CC(=O)C=C[C@]5(C)[C@@]4(F)[C@@H](O)C[C@]3(C)[C@]2(C(=O)CO)O1.CCC(=O)OCC(=O)[C@@]1(OC(=O)CC)[C@@H](C)C[C@H]2[C@@H]3CCC4=CC(=O)C=C[C@]4(C)[C@@]3(F)[C@@H](O)C[C@@]21C. The van der Waals surface area contributed by atoms with Gasteiger partial charge in [-0.2, -0.15) is 0 Å². The first-order valence-corrected chi connectivity index (χ1v) is 24.2. The molecule has 0 aromatic rings. The van der Waals surface area contributed by atoms with E-state index in [4.69, 9.17) is 18.9 Å². The lowest BCUT2D eigenvalue weighted by molar-refractivity contribution is -0.246. The quantitative estimate of drug-likeness (QED) is 0.232. The maximum absolute atomic E-state index is 17.4. The number of ketones is 4. The van der Waals surface area contributed by atoms with Crippen molar-refractivity contribution < 1.29 is 71.8 Å². The van der Waals surface area contributed by atoms with Gasteiger partial charge in [0.15, 0.2) is 52.3 Å². The summed E-state index contributed by atoms with van der Waals surface area (Å²) in [5.74, 6) is -5.76. The Bertz CT molecular complexity index is 2280. The number of hydrogen-bond acceptors (Lipinski definition) is 13. The number of allylic oxidation sites excluding steroid dienone is 8. The van der Waals surface area contributed by atoms with Gasteiger partial charge < -0.3 is 34.3 Å². The highest BCUT2D eigenvalue weighted by Gasteiger charge is 2.81. The van der Waals surface area contributed by atoms with Crippen LogP contribution in [0.4, 0.5) is 8.78 Å². The predicted octanol–water partition coefficient (Wildman–Crippen LogP) is 6.24. The van der Waals surface area contributed by atoms with Crippen LogP contribution in [0.2, 0.25) is 0 Å². The van der Waals surface area contributed by atoms with Crippen LogP contribution in [0.15, 0.2) is 47.6 Å². The third-order valence-electron chi connectivity index (χ3n) is 19.0. The third-order valence-corrected chi connectivity index (χ3v) is 19.0. The number of esters is 2. The molecule has 0 aromatic carbocycles. The van der Waals surface area contributed by atoms with Crippen LogP contribution in [0.1, 0.15) is 127 Å². The number of aliphatic hydroxyl groups excluding tert-OH is 3. The van der Waals surface area contributed by atoms with Crippen molar-refractivity contribution in [3.05, 3.63) is 47.6 Å². The first-order chi connectivity index (χ1) is 31.2. The standard InChI is InChI=1S/C28H37FO7.C24H31FO6/c1-6-23(33)35-15-22(32)28(36-24(34)7-2)16(3)12-20-19-9-8-17-13-18(30)10-11-25(17,4)27(19,29)21(31)14-26(20,28)5;1-20(2)30-19-10-16-15-6-5-13-9-14(27)7-8-21(13,3)23(15,25)17(28)11-22(16,4)24(19,31-20)18(29)12-26/h10-11,13,16,19-21,31H,6-9,12,14-15H2,1-5H3;7-9,15-17,19,26,28H,5-6,10-12H2,1-4H3/t16-,19-,20-,21-,25-,26-,27-,28-;15-,16-,17-,19+,21-,22-,23-,24+/m00/s1. The Morgan fingerprint density at radius 3 is 1.72 bits per heavy atom. The summed E-state index contributed by atoms with van der Waals surface area (Å²) in [7, 11) is 0. The second kappa shape index (κ2) is 16.1. The maximum atomic E-state index is 17.4. The number of aliphatic hydroxyl groups is 3. The Balaban J connectivity index is 0.000000183. The van der Waals surface area contributed by atoms with E-state index in [9.17, 15) is 44.1 Å². The fourth-order valence-electron chi connectivity index (χ4n) is 15.9. The van der Waals surface area contributed by atoms with Crippen LogP contribution in [0.5, 0.6) is 0 Å². The van der Waals surface area contributed by atoms with E-state index in [1.165, 1.54) is 24.3 Å². The summed E-state index contributed by atoms with van der Waals surface area (Å²) in [4.78, 5) is 75.4. The molecular weight excluding hydrogens is 871 g/mol. The first kappa shape index (κ1) is 49.7. The van der Waals surface area contributed by atoms with E-state index in [2.05, 4.69) is 0 Å². The number of halogens is 2. The Morgan fingerprint density at radius 2 is 1.22 bits per heavy atom. The van der Waals surface area contributed by atoms with E-state index < -0.39 is 123 Å². The number of hydrogen-bond donors (Lipinski definition) is 3. The average Bonchev–Trinajstić information content (AvgIpc) is 3.77. The molecule has 3 N–H and O–H groups in total. The summed E-state index contributed by atoms with van der Waals surface area (Å²) in [6.07, 6.45) is 8.32. The van der Waals surface area contributed by atoms with Gasteiger partial charge in [0.25, 0.3) is 0 Å². The van der Waals surface area contributed by atoms with Crippen LogP contribution in [0, 0.1) is 51.2 Å². The Hall–Kier alpha value is -3.76. The number of carbonyl (C=O) groups excluding carboxylic acids is 6. The second-order valence-corrected chi connectivity index (χ2v) is 22.3. The van der Waals surface area contributed by atoms with Gasteiger partial charge >= 0.3 is 11.9 Å². The maximum Gasteiger partial charge on any atom is 0.306 e. The molecule has 1 heterocycles. The van der Waals surface area contributed by atoms with Gasteiger partial charge in [0.1, 0.15) is 6.61 Å². The number of Topliss-reactive ketones (excluding diaryl/α,β-unsaturated/α-hetero) is 2. The van der Waals surface area contributed by atoms with Crippen LogP contribution < -0.4 is 0 Å². The summed E-state index contributed by atoms with van der Waals surface area (Å²) in [6, 6.07) is 0. The molecule has 16 atom stereocenters. The fraction of sp³-hybridized carbons (Fsp3) is 0.731. The molecule has 7 fully saturated rings. The summed E-state index contributed by atoms with van der Waals surface area (Å²) in [6.45, 7) is 14.5. The molecule has 15 heteroatoms. The Labute approximate surface area is 391 Å². The zero-order chi connectivity index (χ0) is 49.3. The van der Waals surface area contributed by atoms with E-state index in [0.717, 1.165) is 5.57 Å². The topological polar surface area (TPSA) is 200 Å². The molecular formula is C52H68F2O13. The van der Waals surface area contributed by atoms with Crippen LogP contribution >= 0.6 is 0 Å². The molecule has 1 aliphatic heterocycles. The van der Waals surface area contributed by atoms with Gasteiger partial charge in [-0.3, -0.25) is 28.8 Å². The molecule has 0 spiro atoms. The number of alkyl halides is 2. The summed E-state index contributed by atoms with van der Waals surface area (Å²) in [5, 5.41) is 32.7. The molecule has 67 heavy (non-hydrogen) atoms. The van der Waals surface area contributed by atoms with Gasteiger partial charge in [-0.25, -0.2) is 8.78 Å². The van der Waals surface area contributed by atoms with Gasteiger partial charge in [0, 0.05) is 52.3 Å². The molecule has 0 unspecified atom stereocenters. The van der Waals surface area contributed by atoms with Crippen LogP contribution in [-0.4, -0.2) is 110 Å². The highest BCUT2D eigenvalue weighted by molar-refractivity contribution is 6.02. The molecule has 6 saturated carbocycles. The number of fused-ring (bicyclic) bond motifs is 12. The molecule has 0 amide bonds. The van der Waals surface area contributed by atoms with Crippen LogP contribution in [0.25, 0.3) is 0 Å². The van der Waals surface area contributed by atoms with Crippen molar-refractivity contribution in [2.75, 3.05) is 13.2 Å². The average molecular weight is 939 g/mol. The monoisotopic (exact) mass is 938 g/mol. The van der Waals surface area contributed by atoms with Crippen LogP contribution in [0.3, 0.4) is 0 Å². The molecule has 0 radical (unpaired) electrons. The highest BCUT2D eigenvalue weighted by atomic mass is 19.1. The molecule has 1 saturated heterocycles. The van der Waals surface area contributed by atoms with Crippen molar-refractivity contribution in [1.82, 2.24) is 0 Å². The molecule has 0 bridgehead atoms. The smallest absolute Gasteiger partial charge is 0.306 e. The summed E-state index contributed by atoms with van der Waals surface area (Å²) < 4.78 is 58.0. The minimum atomic E-state index is -2.05. The van der Waals surface area contributed by atoms with E-state index in [0.29, 0.717) is 44.1 Å². The molecule has 0 aromatic heterocycles. The normalized spacial score (nSPS) is 47.3. The highest BCUT2D eigenvalue weighted by Crippen LogP contribution is 2.74. The van der Waals surface area contributed by atoms with Gasteiger partial charge in [-0.1, -0.05) is 57.9 Å². The number of ether oxygens (including phenoxy) is 4. The lowest BCUT2D eigenvalue weighted by Crippen LogP contribution is -2.70. The van der Waals surface area contributed by atoms with E-state index in [1.807, 2.05) is 13.8 Å². The zero-order valence-corrected chi connectivity index (χ0v) is 40.2.